The Hall–Kier alpha value is -1.44. The first-order chi connectivity index (χ1) is 12.0. The minimum atomic E-state index is -3.59. The fraction of sp³-hybridized carbons (Fsp3) is 0.611. The highest BCUT2D eigenvalue weighted by molar-refractivity contribution is 7.89. The van der Waals surface area contributed by atoms with Crippen molar-refractivity contribution in [1.82, 2.24) is 9.62 Å². The van der Waals surface area contributed by atoms with Crippen LogP contribution in [0.2, 0.25) is 0 Å². The molecule has 0 spiro atoms. The zero-order valence-electron chi connectivity index (χ0n) is 14.6. The first-order valence-electron chi connectivity index (χ1n) is 9.03. The summed E-state index contributed by atoms with van der Waals surface area (Å²) in [6, 6.07) is 6.34. The molecule has 1 atom stereocenters. The number of rotatable bonds is 5. The zero-order chi connectivity index (χ0) is 17.9. The molecular formula is C18H26N2O4S. The van der Waals surface area contributed by atoms with Gasteiger partial charge in [-0.15, -0.1) is 0 Å². The van der Waals surface area contributed by atoms with Gasteiger partial charge in [-0.3, -0.25) is 4.79 Å². The van der Waals surface area contributed by atoms with E-state index in [-0.39, 0.29) is 22.9 Å². The van der Waals surface area contributed by atoms with Crippen molar-refractivity contribution >= 4 is 15.9 Å². The van der Waals surface area contributed by atoms with Gasteiger partial charge >= 0.3 is 0 Å². The van der Waals surface area contributed by atoms with E-state index >= 15 is 0 Å². The lowest BCUT2D eigenvalue weighted by atomic mass is 10.1. The van der Waals surface area contributed by atoms with E-state index in [1.165, 1.54) is 6.07 Å². The molecule has 1 saturated heterocycles. The van der Waals surface area contributed by atoms with E-state index in [0.717, 1.165) is 32.1 Å². The van der Waals surface area contributed by atoms with Crippen LogP contribution in [0.25, 0.3) is 0 Å². The third kappa shape index (κ3) is 4.40. The molecule has 1 aromatic rings. The summed E-state index contributed by atoms with van der Waals surface area (Å²) in [7, 11) is -3.59. The Bertz CT molecular complexity index is 714. The number of benzene rings is 1. The summed E-state index contributed by atoms with van der Waals surface area (Å²) in [5.74, 6) is -0.139. The maximum absolute atomic E-state index is 12.7. The Morgan fingerprint density at radius 3 is 2.80 bits per heavy atom. The smallest absolute Gasteiger partial charge is 0.254 e. The highest BCUT2D eigenvalue weighted by Gasteiger charge is 2.26. The molecule has 0 radical (unpaired) electrons. The molecule has 1 saturated carbocycles. The van der Waals surface area contributed by atoms with Crippen LogP contribution in [0.5, 0.6) is 0 Å². The summed E-state index contributed by atoms with van der Waals surface area (Å²) in [6.07, 6.45) is 4.77. The van der Waals surface area contributed by atoms with Gasteiger partial charge in [0, 0.05) is 24.7 Å². The molecule has 25 heavy (non-hydrogen) atoms. The van der Waals surface area contributed by atoms with E-state index in [1.807, 2.05) is 6.92 Å². The second-order valence-corrected chi connectivity index (χ2v) is 8.50. The third-order valence-electron chi connectivity index (χ3n) is 4.95. The first kappa shape index (κ1) is 18.4. The number of morpholine rings is 1. The Labute approximate surface area is 149 Å². The molecular weight excluding hydrogens is 340 g/mol. The molecule has 138 valence electrons. The van der Waals surface area contributed by atoms with Crippen LogP contribution >= 0.6 is 0 Å². The second kappa shape index (κ2) is 7.85. The molecule has 1 heterocycles. The van der Waals surface area contributed by atoms with E-state index < -0.39 is 10.0 Å². The number of amides is 1. The number of carbonyl (C=O) groups is 1. The monoisotopic (exact) mass is 366 g/mol. The molecule has 1 aliphatic heterocycles. The predicted molar refractivity (Wildman–Crippen MR) is 95.0 cm³/mol. The highest BCUT2D eigenvalue weighted by atomic mass is 32.2. The van der Waals surface area contributed by atoms with Gasteiger partial charge in [0.05, 0.1) is 17.6 Å². The third-order valence-corrected chi connectivity index (χ3v) is 6.47. The van der Waals surface area contributed by atoms with Crippen LogP contribution in [0.3, 0.4) is 0 Å². The maximum atomic E-state index is 12.7. The van der Waals surface area contributed by atoms with Crippen LogP contribution in [-0.4, -0.2) is 51.1 Å². The van der Waals surface area contributed by atoms with Crippen LogP contribution in [-0.2, 0) is 14.8 Å². The van der Waals surface area contributed by atoms with Crippen molar-refractivity contribution in [3.05, 3.63) is 29.8 Å². The minimum absolute atomic E-state index is 0.00825. The predicted octanol–water partition coefficient (Wildman–Crippen LogP) is 2.16. The average Bonchev–Trinajstić information content (AvgIpc) is 3.13. The molecule has 6 nitrogen and oxygen atoms in total. The number of ether oxygens (including phenoxy) is 1. The summed E-state index contributed by atoms with van der Waals surface area (Å²) in [4.78, 5) is 14.6. The molecule has 1 N–H and O–H groups in total. The van der Waals surface area contributed by atoms with Crippen molar-refractivity contribution in [3.8, 4) is 0 Å². The van der Waals surface area contributed by atoms with Gasteiger partial charge in [-0.1, -0.05) is 25.8 Å². The molecule has 1 aromatic carbocycles. The fourth-order valence-corrected chi connectivity index (χ4v) is 4.81. The van der Waals surface area contributed by atoms with Crippen LogP contribution in [0.15, 0.2) is 29.2 Å². The fourth-order valence-electron chi connectivity index (χ4n) is 3.46. The van der Waals surface area contributed by atoms with E-state index in [9.17, 15) is 13.2 Å². The summed E-state index contributed by atoms with van der Waals surface area (Å²) in [6.45, 7) is 3.63. The van der Waals surface area contributed by atoms with Gasteiger partial charge in [-0.2, -0.15) is 0 Å². The van der Waals surface area contributed by atoms with Gasteiger partial charge in [0.15, 0.2) is 0 Å². The molecule has 2 fully saturated rings. The van der Waals surface area contributed by atoms with E-state index in [2.05, 4.69) is 4.72 Å². The number of nitrogens with one attached hydrogen (secondary N) is 1. The van der Waals surface area contributed by atoms with Gasteiger partial charge < -0.3 is 9.64 Å². The van der Waals surface area contributed by atoms with Gasteiger partial charge in [0.25, 0.3) is 5.91 Å². The largest absolute Gasteiger partial charge is 0.375 e. The Balaban J connectivity index is 1.75. The van der Waals surface area contributed by atoms with Gasteiger partial charge in [-0.05, 0) is 37.5 Å². The number of carbonyl (C=O) groups excluding carboxylic acids is 1. The lowest BCUT2D eigenvalue weighted by molar-refractivity contribution is -0.0226. The minimum Gasteiger partial charge on any atom is -0.375 e. The second-order valence-electron chi connectivity index (χ2n) is 6.78. The van der Waals surface area contributed by atoms with Crippen molar-refractivity contribution in [1.29, 1.82) is 0 Å². The summed E-state index contributed by atoms with van der Waals surface area (Å²) < 4.78 is 33.5. The van der Waals surface area contributed by atoms with E-state index in [0.29, 0.717) is 25.3 Å². The van der Waals surface area contributed by atoms with Crippen molar-refractivity contribution in [2.75, 3.05) is 19.7 Å². The van der Waals surface area contributed by atoms with Crippen LogP contribution in [0.4, 0.5) is 0 Å². The standard InChI is InChI=1S/C18H26N2O4S/c1-2-16-13-20(10-11-24-16)18(21)14-6-5-9-17(12-14)25(22,23)19-15-7-3-4-8-15/h5-6,9,12,15-16,19H,2-4,7-8,10-11,13H2,1H3. The van der Waals surface area contributed by atoms with E-state index in [4.69, 9.17) is 4.74 Å². The van der Waals surface area contributed by atoms with Crippen LogP contribution < -0.4 is 4.72 Å². The molecule has 0 aromatic heterocycles. The van der Waals surface area contributed by atoms with Crippen molar-refractivity contribution < 1.29 is 17.9 Å². The highest BCUT2D eigenvalue weighted by Crippen LogP contribution is 2.21. The summed E-state index contributed by atoms with van der Waals surface area (Å²) in [5.41, 5.74) is 0.408. The lowest BCUT2D eigenvalue weighted by Gasteiger charge is -2.32. The number of nitrogens with zero attached hydrogens (tertiary/aromatic N) is 1. The molecule has 1 unspecified atom stereocenters. The molecule has 2 aliphatic rings. The van der Waals surface area contributed by atoms with Gasteiger partial charge in [-0.25, -0.2) is 13.1 Å². The number of sulfonamides is 1. The number of hydrogen-bond acceptors (Lipinski definition) is 4. The lowest BCUT2D eigenvalue weighted by Crippen LogP contribution is -2.45. The number of hydrogen-bond donors (Lipinski definition) is 1. The SMILES string of the molecule is CCC1CN(C(=O)c2cccc(S(=O)(=O)NC3CCCC3)c2)CCO1. The topological polar surface area (TPSA) is 75.7 Å². The van der Waals surface area contributed by atoms with Crippen molar-refractivity contribution in [2.45, 2.75) is 56.1 Å². The van der Waals surface area contributed by atoms with Crippen LogP contribution in [0, 0.1) is 0 Å². The van der Waals surface area contributed by atoms with Crippen LogP contribution in [0.1, 0.15) is 49.4 Å². The molecule has 7 heteroatoms. The maximum Gasteiger partial charge on any atom is 0.254 e. The molecule has 3 rings (SSSR count). The molecule has 1 aliphatic carbocycles. The van der Waals surface area contributed by atoms with Gasteiger partial charge in [0.1, 0.15) is 0 Å². The molecule has 1 amide bonds. The normalized spacial score (nSPS) is 22.3. The Morgan fingerprint density at radius 2 is 2.08 bits per heavy atom. The summed E-state index contributed by atoms with van der Waals surface area (Å²) >= 11 is 0. The van der Waals surface area contributed by atoms with E-state index in [1.54, 1.807) is 23.1 Å². The van der Waals surface area contributed by atoms with Crippen molar-refractivity contribution in [3.63, 3.8) is 0 Å². The quantitative estimate of drug-likeness (QED) is 0.866. The molecule has 0 bridgehead atoms. The average molecular weight is 366 g/mol. The van der Waals surface area contributed by atoms with Gasteiger partial charge in [0.2, 0.25) is 10.0 Å². The first-order valence-corrected chi connectivity index (χ1v) is 10.5. The Morgan fingerprint density at radius 1 is 1.32 bits per heavy atom. The Kier molecular flexibility index (Phi) is 5.76. The summed E-state index contributed by atoms with van der Waals surface area (Å²) in [5, 5.41) is 0. The van der Waals surface area contributed by atoms with Crippen molar-refractivity contribution in [2.24, 2.45) is 0 Å². The zero-order valence-corrected chi connectivity index (χ0v) is 15.4.